The summed E-state index contributed by atoms with van der Waals surface area (Å²) in [6, 6.07) is 4.26. The Morgan fingerprint density at radius 3 is 2.79 bits per heavy atom. The van der Waals surface area contributed by atoms with E-state index in [0.29, 0.717) is 30.7 Å². The Balaban J connectivity index is 1.98. The minimum atomic E-state index is -0.475. The van der Waals surface area contributed by atoms with Crippen LogP contribution in [0.4, 0.5) is 5.69 Å². The van der Waals surface area contributed by atoms with Crippen LogP contribution in [0.2, 0.25) is 5.02 Å². The number of benzene rings is 1. The van der Waals surface area contributed by atoms with Crippen molar-refractivity contribution in [1.29, 1.82) is 0 Å². The summed E-state index contributed by atoms with van der Waals surface area (Å²) in [6.07, 6.45) is 3.45. The number of nitrogens with two attached hydrogens (primary N) is 1. The van der Waals surface area contributed by atoms with Crippen LogP contribution in [0.15, 0.2) is 18.2 Å². The zero-order chi connectivity index (χ0) is 13.8. The summed E-state index contributed by atoms with van der Waals surface area (Å²) in [5, 5.41) is 10.9. The van der Waals surface area contributed by atoms with Crippen LogP contribution in [0.25, 0.3) is 0 Å². The molecule has 0 radical (unpaired) electrons. The molecule has 6 heteroatoms. The molecule has 2 rings (SSSR count). The quantitative estimate of drug-likeness (QED) is 0.666. The minimum absolute atomic E-state index is 0.0296. The lowest BCUT2D eigenvalue weighted by Gasteiger charge is -2.18. The third kappa shape index (κ3) is 3.36. The van der Waals surface area contributed by atoms with Crippen LogP contribution in [0.1, 0.15) is 19.3 Å². The van der Waals surface area contributed by atoms with E-state index in [4.69, 9.17) is 22.1 Å². The number of nitro benzene ring substituents is 1. The molecule has 1 aliphatic carbocycles. The monoisotopic (exact) mass is 284 g/mol. The molecule has 0 aromatic heterocycles. The standard InChI is InChI=1S/C13H17ClN2O3/c14-12-6-11(16(17)18)4-5-13(12)19-8-10-3-1-2-9(10)7-15/h4-6,9-10H,1-3,7-8,15H2. The Labute approximate surface area is 116 Å². The van der Waals surface area contributed by atoms with E-state index >= 15 is 0 Å². The van der Waals surface area contributed by atoms with Crippen LogP contribution in [0.3, 0.4) is 0 Å². The fourth-order valence-corrected chi connectivity index (χ4v) is 2.79. The van der Waals surface area contributed by atoms with E-state index in [9.17, 15) is 10.1 Å². The molecule has 0 amide bonds. The van der Waals surface area contributed by atoms with Gasteiger partial charge in [-0.1, -0.05) is 18.0 Å². The Morgan fingerprint density at radius 1 is 1.42 bits per heavy atom. The molecule has 1 fully saturated rings. The van der Waals surface area contributed by atoms with Crippen LogP contribution in [-0.2, 0) is 0 Å². The van der Waals surface area contributed by atoms with Gasteiger partial charge >= 0.3 is 0 Å². The molecular weight excluding hydrogens is 268 g/mol. The molecule has 1 aromatic carbocycles. The molecule has 0 aliphatic heterocycles. The molecule has 2 N–H and O–H groups in total. The van der Waals surface area contributed by atoms with Crippen molar-refractivity contribution in [2.75, 3.05) is 13.2 Å². The molecule has 2 atom stereocenters. The molecule has 0 heterocycles. The van der Waals surface area contributed by atoms with E-state index in [0.717, 1.165) is 12.8 Å². The maximum atomic E-state index is 10.6. The first kappa shape index (κ1) is 14.1. The highest BCUT2D eigenvalue weighted by atomic mass is 35.5. The van der Waals surface area contributed by atoms with Gasteiger partial charge in [0.05, 0.1) is 16.6 Å². The molecule has 0 saturated heterocycles. The van der Waals surface area contributed by atoms with Gasteiger partial charge in [0.15, 0.2) is 0 Å². The minimum Gasteiger partial charge on any atom is -0.492 e. The van der Waals surface area contributed by atoms with Crippen molar-refractivity contribution in [2.24, 2.45) is 17.6 Å². The van der Waals surface area contributed by atoms with Crippen molar-refractivity contribution >= 4 is 17.3 Å². The zero-order valence-electron chi connectivity index (χ0n) is 10.5. The molecule has 1 aliphatic rings. The maximum Gasteiger partial charge on any atom is 0.271 e. The topological polar surface area (TPSA) is 78.4 Å². The van der Waals surface area contributed by atoms with Crippen molar-refractivity contribution in [1.82, 2.24) is 0 Å². The molecule has 104 valence electrons. The Bertz CT molecular complexity index is 467. The smallest absolute Gasteiger partial charge is 0.271 e. The zero-order valence-corrected chi connectivity index (χ0v) is 11.3. The van der Waals surface area contributed by atoms with E-state index in [1.165, 1.54) is 18.6 Å². The van der Waals surface area contributed by atoms with Gasteiger partial charge in [0.1, 0.15) is 5.75 Å². The number of ether oxygens (including phenoxy) is 1. The highest BCUT2D eigenvalue weighted by Crippen LogP contribution is 2.33. The average Bonchev–Trinajstić information content (AvgIpc) is 2.84. The number of rotatable bonds is 5. The normalized spacial score (nSPS) is 22.4. The second-order valence-corrected chi connectivity index (χ2v) is 5.28. The van der Waals surface area contributed by atoms with Gasteiger partial charge in [0.2, 0.25) is 0 Å². The lowest BCUT2D eigenvalue weighted by atomic mass is 9.97. The second kappa shape index (κ2) is 6.21. The average molecular weight is 285 g/mol. The number of nitrogens with zero attached hydrogens (tertiary/aromatic N) is 1. The predicted octanol–water partition coefficient (Wildman–Crippen LogP) is 3.00. The molecule has 1 aromatic rings. The van der Waals surface area contributed by atoms with Crippen molar-refractivity contribution in [3.63, 3.8) is 0 Å². The summed E-state index contributed by atoms with van der Waals surface area (Å²) in [5.41, 5.74) is 5.69. The van der Waals surface area contributed by atoms with Gasteiger partial charge in [-0.05, 0) is 37.3 Å². The Kier molecular flexibility index (Phi) is 4.61. The molecule has 19 heavy (non-hydrogen) atoms. The number of non-ortho nitro benzene ring substituents is 1. The Morgan fingerprint density at radius 2 is 2.16 bits per heavy atom. The van der Waals surface area contributed by atoms with Gasteiger partial charge in [0.25, 0.3) is 5.69 Å². The van der Waals surface area contributed by atoms with Gasteiger partial charge < -0.3 is 10.5 Å². The number of hydrogen-bond donors (Lipinski definition) is 1. The van der Waals surface area contributed by atoms with Crippen LogP contribution in [0.5, 0.6) is 5.75 Å². The van der Waals surface area contributed by atoms with Crippen molar-refractivity contribution < 1.29 is 9.66 Å². The summed E-state index contributed by atoms with van der Waals surface area (Å²) in [4.78, 5) is 10.1. The Hall–Kier alpha value is -1.33. The van der Waals surface area contributed by atoms with E-state index in [2.05, 4.69) is 0 Å². The van der Waals surface area contributed by atoms with Crippen LogP contribution < -0.4 is 10.5 Å². The molecular formula is C13H17ClN2O3. The molecule has 0 bridgehead atoms. The summed E-state index contributed by atoms with van der Waals surface area (Å²) >= 11 is 5.98. The van der Waals surface area contributed by atoms with E-state index in [1.807, 2.05) is 0 Å². The summed E-state index contributed by atoms with van der Waals surface area (Å²) < 4.78 is 5.68. The van der Waals surface area contributed by atoms with Gasteiger partial charge in [-0.25, -0.2) is 0 Å². The highest BCUT2D eigenvalue weighted by molar-refractivity contribution is 6.32. The third-order valence-electron chi connectivity index (χ3n) is 3.70. The van der Waals surface area contributed by atoms with Crippen molar-refractivity contribution in [3.05, 3.63) is 33.3 Å². The summed E-state index contributed by atoms with van der Waals surface area (Å²) in [5.74, 6) is 1.46. The maximum absolute atomic E-state index is 10.6. The fraction of sp³-hybridized carbons (Fsp3) is 0.538. The first-order valence-corrected chi connectivity index (χ1v) is 6.76. The lowest BCUT2D eigenvalue weighted by molar-refractivity contribution is -0.384. The number of halogens is 1. The summed E-state index contributed by atoms with van der Waals surface area (Å²) in [6.45, 7) is 1.25. The third-order valence-corrected chi connectivity index (χ3v) is 3.99. The van der Waals surface area contributed by atoms with E-state index in [1.54, 1.807) is 6.07 Å². The summed E-state index contributed by atoms with van der Waals surface area (Å²) in [7, 11) is 0. The van der Waals surface area contributed by atoms with Crippen LogP contribution in [0, 0.1) is 22.0 Å². The van der Waals surface area contributed by atoms with E-state index < -0.39 is 4.92 Å². The SMILES string of the molecule is NCC1CCCC1COc1ccc([N+](=O)[O-])cc1Cl. The van der Waals surface area contributed by atoms with E-state index in [-0.39, 0.29) is 10.7 Å². The van der Waals surface area contributed by atoms with Gasteiger partial charge in [0, 0.05) is 12.1 Å². The predicted molar refractivity (Wildman–Crippen MR) is 73.5 cm³/mol. The van der Waals surface area contributed by atoms with Crippen LogP contribution >= 0.6 is 11.6 Å². The van der Waals surface area contributed by atoms with Crippen molar-refractivity contribution in [3.8, 4) is 5.75 Å². The van der Waals surface area contributed by atoms with Crippen LogP contribution in [-0.4, -0.2) is 18.1 Å². The first-order valence-electron chi connectivity index (χ1n) is 6.38. The first-order chi connectivity index (χ1) is 9.11. The van der Waals surface area contributed by atoms with Gasteiger partial charge in [-0.15, -0.1) is 0 Å². The largest absolute Gasteiger partial charge is 0.492 e. The molecule has 2 unspecified atom stereocenters. The number of nitro groups is 1. The van der Waals surface area contributed by atoms with Crippen molar-refractivity contribution in [2.45, 2.75) is 19.3 Å². The molecule has 1 saturated carbocycles. The second-order valence-electron chi connectivity index (χ2n) is 4.87. The fourth-order valence-electron chi connectivity index (χ4n) is 2.56. The van der Waals surface area contributed by atoms with Gasteiger partial charge in [-0.3, -0.25) is 10.1 Å². The molecule has 5 nitrogen and oxygen atoms in total. The highest BCUT2D eigenvalue weighted by Gasteiger charge is 2.26. The van der Waals surface area contributed by atoms with Gasteiger partial charge in [-0.2, -0.15) is 0 Å². The number of hydrogen-bond acceptors (Lipinski definition) is 4. The lowest BCUT2D eigenvalue weighted by Crippen LogP contribution is -2.23. The molecule has 0 spiro atoms.